The summed E-state index contributed by atoms with van der Waals surface area (Å²) in [4.78, 5) is 18.4. The first kappa shape index (κ1) is 24.3. The summed E-state index contributed by atoms with van der Waals surface area (Å²) >= 11 is 1.32. The lowest BCUT2D eigenvalue weighted by molar-refractivity contribution is -0.127. The summed E-state index contributed by atoms with van der Waals surface area (Å²) in [7, 11) is 1.70. The molecule has 1 amide bonds. The standard InChI is InChI=1S/C25H23F2N5O2S/c1-31(15-19-7-9-21(10-8-19)34-24(26)27)22(33)17-35-25-30-29-23(20-11-13-28-14-12-20)32(25)16-18-5-3-2-4-6-18/h2-14,24H,15-17H2,1H3. The Morgan fingerprint density at radius 3 is 2.40 bits per heavy atom. The molecule has 0 radical (unpaired) electrons. The fraction of sp³-hybridized carbons (Fsp3) is 0.200. The van der Waals surface area contributed by atoms with Crippen LogP contribution in [0.15, 0.2) is 84.3 Å². The molecule has 2 aromatic heterocycles. The number of benzene rings is 2. The van der Waals surface area contributed by atoms with Gasteiger partial charge < -0.3 is 9.64 Å². The Bertz CT molecular complexity index is 1240. The summed E-state index contributed by atoms with van der Waals surface area (Å²) in [5.74, 6) is 0.858. The maximum Gasteiger partial charge on any atom is 0.387 e. The summed E-state index contributed by atoms with van der Waals surface area (Å²) in [5, 5.41) is 9.36. The van der Waals surface area contributed by atoms with E-state index < -0.39 is 6.61 Å². The number of ether oxygens (including phenoxy) is 1. The molecule has 0 fully saturated rings. The smallest absolute Gasteiger partial charge is 0.387 e. The van der Waals surface area contributed by atoms with Gasteiger partial charge in [-0.05, 0) is 35.4 Å². The Morgan fingerprint density at radius 1 is 1.00 bits per heavy atom. The molecule has 4 aromatic rings. The molecule has 0 N–H and O–H groups in total. The van der Waals surface area contributed by atoms with Crippen molar-refractivity contribution in [1.82, 2.24) is 24.6 Å². The van der Waals surface area contributed by atoms with Gasteiger partial charge in [-0.15, -0.1) is 10.2 Å². The lowest BCUT2D eigenvalue weighted by Crippen LogP contribution is -2.27. The van der Waals surface area contributed by atoms with E-state index in [4.69, 9.17) is 0 Å². The van der Waals surface area contributed by atoms with Crippen LogP contribution >= 0.6 is 11.8 Å². The first-order chi connectivity index (χ1) is 17.0. The highest BCUT2D eigenvalue weighted by molar-refractivity contribution is 7.99. The van der Waals surface area contributed by atoms with Gasteiger partial charge in [0, 0.05) is 31.5 Å². The van der Waals surface area contributed by atoms with E-state index in [0.29, 0.717) is 24.1 Å². The van der Waals surface area contributed by atoms with Crippen LogP contribution in [-0.4, -0.2) is 50.0 Å². The average Bonchev–Trinajstić information content (AvgIpc) is 3.26. The van der Waals surface area contributed by atoms with E-state index in [2.05, 4.69) is 19.9 Å². The number of alkyl halides is 2. The second kappa shape index (κ2) is 11.6. The fourth-order valence-corrected chi connectivity index (χ4v) is 4.27. The van der Waals surface area contributed by atoms with E-state index in [1.54, 1.807) is 36.5 Å². The number of aromatic nitrogens is 4. The molecule has 180 valence electrons. The van der Waals surface area contributed by atoms with Gasteiger partial charge in [0.15, 0.2) is 11.0 Å². The Hall–Kier alpha value is -3.79. The summed E-state index contributed by atoms with van der Waals surface area (Å²) in [6, 6.07) is 20.0. The molecule has 7 nitrogen and oxygen atoms in total. The van der Waals surface area contributed by atoms with Crippen molar-refractivity contribution in [2.24, 2.45) is 0 Å². The van der Waals surface area contributed by atoms with E-state index >= 15 is 0 Å². The number of carbonyl (C=O) groups excluding carboxylic acids is 1. The summed E-state index contributed by atoms with van der Waals surface area (Å²) in [5.41, 5.74) is 2.78. The van der Waals surface area contributed by atoms with Gasteiger partial charge in [0.2, 0.25) is 5.91 Å². The topological polar surface area (TPSA) is 73.1 Å². The minimum atomic E-state index is -2.87. The molecule has 2 aromatic carbocycles. The second-order valence-electron chi connectivity index (χ2n) is 7.67. The van der Waals surface area contributed by atoms with Gasteiger partial charge >= 0.3 is 6.61 Å². The minimum absolute atomic E-state index is 0.0797. The zero-order valence-electron chi connectivity index (χ0n) is 18.9. The van der Waals surface area contributed by atoms with Gasteiger partial charge in [0.1, 0.15) is 5.75 Å². The van der Waals surface area contributed by atoms with Gasteiger partial charge in [-0.1, -0.05) is 54.2 Å². The van der Waals surface area contributed by atoms with Crippen molar-refractivity contribution in [3.05, 3.63) is 90.3 Å². The number of rotatable bonds is 10. The third-order valence-electron chi connectivity index (χ3n) is 5.16. The van der Waals surface area contributed by atoms with Gasteiger partial charge in [-0.2, -0.15) is 8.78 Å². The van der Waals surface area contributed by atoms with Crippen LogP contribution in [0.25, 0.3) is 11.4 Å². The van der Waals surface area contributed by atoms with Crippen LogP contribution in [-0.2, 0) is 17.9 Å². The van der Waals surface area contributed by atoms with E-state index in [0.717, 1.165) is 16.7 Å². The largest absolute Gasteiger partial charge is 0.435 e. The molecular formula is C25H23F2N5O2S. The van der Waals surface area contributed by atoms with E-state index in [1.165, 1.54) is 23.9 Å². The Kier molecular flexibility index (Phi) is 8.04. The molecule has 35 heavy (non-hydrogen) atoms. The maximum atomic E-state index is 12.8. The Morgan fingerprint density at radius 2 is 1.71 bits per heavy atom. The summed E-state index contributed by atoms with van der Waals surface area (Å²) < 4.78 is 31.0. The highest BCUT2D eigenvalue weighted by atomic mass is 32.2. The minimum Gasteiger partial charge on any atom is -0.435 e. The fourth-order valence-electron chi connectivity index (χ4n) is 3.39. The number of carbonyl (C=O) groups is 1. The third kappa shape index (κ3) is 6.63. The zero-order chi connectivity index (χ0) is 24.6. The number of hydrogen-bond donors (Lipinski definition) is 0. The van der Waals surface area contributed by atoms with Gasteiger partial charge in [0.25, 0.3) is 0 Å². The van der Waals surface area contributed by atoms with Gasteiger partial charge in [0.05, 0.1) is 12.3 Å². The van der Waals surface area contributed by atoms with Crippen molar-refractivity contribution in [3.8, 4) is 17.1 Å². The van der Waals surface area contributed by atoms with Gasteiger partial charge in [-0.3, -0.25) is 14.3 Å². The zero-order valence-corrected chi connectivity index (χ0v) is 19.7. The monoisotopic (exact) mass is 495 g/mol. The molecule has 10 heteroatoms. The van der Waals surface area contributed by atoms with Crippen molar-refractivity contribution in [2.75, 3.05) is 12.8 Å². The van der Waals surface area contributed by atoms with Crippen LogP contribution in [0.1, 0.15) is 11.1 Å². The number of halogens is 2. The summed E-state index contributed by atoms with van der Waals surface area (Å²) in [6.45, 7) is -1.97. The lowest BCUT2D eigenvalue weighted by Gasteiger charge is -2.17. The number of thioether (sulfide) groups is 1. The second-order valence-corrected chi connectivity index (χ2v) is 8.62. The molecule has 0 spiro atoms. The molecule has 0 saturated carbocycles. The molecule has 4 rings (SSSR count). The highest BCUT2D eigenvalue weighted by Crippen LogP contribution is 2.25. The van der Waals surface area contributed by atoms with Crippen molar-refractivity contribution in [1.29, 1.82) is 0 Å². The maximum absolute atomic E-state index is 12.8. The van der Waals surface area contributed by atoms with Crippen molar-refractivity contribution >= 4 is 17.7 Å². The Balaban J connectivity index is 1.43. The molecule has 0 aliphatic heterocycles. The van der Waals surface area contributed by atoms with Crippen LogP contribution in [0.3, 0.4) is 0 Å². The van der Waals surface area contributed by atoms with Crippen LogP contribution < -0.4 is 4.74 Å². The Labute approximate surface area is 205 Å². The normalized spacial score (nSPS) is 11.0. The SMILES string of the molecule is CN(Cc1ccc(OC(F)F)cc1)C(=O)CSc1nnc(-c2ccncc2)n1Cc1ccccc1. The number of pyridine rings is 1. The predicted octanol–water partition coefficient (Wildman–Crippen LogP) is 4.74. The molecule has 0 bridgehead atoms. The molecule has 0 unspecified atom stereocenters. The third-order valence-corrected chi connectivity index (χ3v) is 6.11. The first-order valence-electron chi connectivity index (χ1n) is 10.8. The van der Waals surface area contributed by atoms with Crippen molar-refractivity contribution in [3.63, 3.8) is 0 Å². The van der Waals surface area contributed by atoms with E-state index in [1.807, 2.05) is 47.0 Å². The van der Waals surface area contributed by atoms with Crippen molar-refractivity contribution in [2.45, 2.75) is 24.9 Å². The number of nitrogens with zero attached hydrogens (tertiary/aromatic N) is 5. The van der Waals surface area contributed by atoms with Gasteiger partial charge in [-0.25, -0.2) is 0 Å². The molecule has 2 heterocycles. The number of amides is 1. The lowest BCUT2D eigenvalue weighted by atomic mass is 10.2. The molecule has 0 aliphatic carbocycles. The van der Waals surface area contributed by atoms with Crippen LogP contribution in [0.5, 0.6) is 5.75 Å². The molecule has 0 saturated heterocycles. The predicted molar refractivity (Wildman–Crippen MR) is 129 cm³/mol. The van der Waals surface area contributed by atoms with Crippen LogP contribution in [0, 0.1) is 0 Å². The average molecular weight is 496 g/mol. The van der Waals surface area contributed by atoms with E-state index in [-0.39, 0.29) is 17.4 Å². The van der Waals surface area contributed by atoms with E-state index in [9.17, 15) is 13.6 Å². The number of hydrogen-bond acceptors (Lipinski definition) is 6. The van der Waals surface area contributed by atoms with Crippen molar-refractivity contribution < 1.29 is 18.3 Å². The molecule has 0 aliphatic rings. The highest BCUT2D eigenvalue weighted by Gasteiger charge is 2.18. The van der Waals surface area contributed by atoms with Crippen LogP contribution in [0.2, 0.25) is 0 Å². The first-order valence-corrected chi connectivity index (χ1v) is 11.8. The molecular weight excluding hydrogens is 472 g/mol. The molecule has 0 atom stereocenters. The quantitative estimate of drug-likeness (QED) is 0.296. The summed E-state index contributed by atoms with van der Waals surface area (Å²) in [6.07, 6.45) is 3.41. The van der Waals surface area contributed by atoms with Crippen LogP contribution in [0.4, 0.5) is 8.78 Å².